The maximum Gasteiger partial charge on any atom is 0.134 e. The van der Waals surface area contributed by atoms with Gasteiger partial charge in [-0.25, -0.2) is 0 Å². The van der Waals surface area contributed by atoms with E-state index in [1.165, 1.54) is 38.3 Å². The van der Waals surface area contributed by atoms with Crippen molar-refractivity contribution in [3.8, 4) is 0 Å². The summed E-state index contributed by atoms with van der Waals surface area (Å²) in [6, 6.07) is 0.275. The van der Waals surface area contributed by atoms with Crippen LogP contribution in [-0.4, -0.2) is 45.3 Å². The summed E-state index contributed by atoms with van der Waals surface area (Å²) in [6.45, 7) is 6.93. The van der Waals surface area contributed by atoms with E-state index in [4.69, 9.17) is 5.73 Å². The Morgan fingerprint density at radius 3 is 2.68 bits per heavy atom. The molecule has 0 radical (unpaired) electrons. The summed E-state index contributed by atoms with van der Waals surface area (Å²) in [5.41, 5.74) is 5.99. The Kier molecular flexibility index (Phi) is 3.84. The van der Waals surface area contributed by atoms with Crippen LogP contribution in [0, 0.1) is 5.92 Å². The Balaban J connectivity index is 1.62. The van der Waals surface area contributed by atoms with Crippen molar-refractivity contribution in [1.82, 2.24) is 19.7 Å². The van der Waals surface area contributed by atoms with E-state index in [-0.39, 0.29) is 6.04 Å². The number of piperidine rings is 1. The molecule has 1 saturated heterocycles. The standard InChI is InChI=1S/C14H25N5/c1-2-18-6-3-11(4-7-18)9-13-16-17-14-10-12(15)5-8-19(13)14/h11-12H,2-10,15H2,1H3. The predicted octanol–water partition coefficient (Wildman–Crippen LogP) is 0.826. The van der Waals surface area contributed by atoms with Gasteiger partial charge in [-0.15, -0.1) is 10.2 Å². The van der Waals surface area contributed by atoms with Gasteiger partial charge >= 0.3 is 0 Å². The number of rotatable bonds is 3. The Hall–Kier alpha value is -0.940. The summed E-state index contributed by atoms with van der Waals surface area (Å²) in [5, 5.41) is 8.74. The molecule has 1 unspecified atom stereocenters. The summed E-state index contributed by atoms with van der Waals surface area (Å²) in [4.78, 5) is 2.54. The molecule has 1 aromatic rings. The Labute approximate surface area is 115 Å². The molecule has 1 aromatic heterocycles. The number of likely N-dealkylation sites (tertiary alicyclic amines) is 1. The van der Waals surface area contributed by atoms with Gasteiger partial charge < -0.3 is 15.2 Å². The minimum atomic E-state index is 0.275. The van der Waals surface area contributed by atoms with E-state index in [9.17, 15) is 0 Å². The number of nitrogens with zero attached hydrogens (tertiary/aromatic N) is 4. The smallest absolute Gasteiger partial charge is 0.134 e. The first-order chi connectivity index (χ1) is 9.26. The predicted molar refractivity (Wildman–Crippen MR) is 74.9 cm³/mol. The van der Waals surface area contributed by atoms with E-state index in [2.05, 4.69) is 26.6 Å². The Bertz CT molecular complexity index is 419. The monoisotopic (exact) mass is 263 g/mol. The molecule has 3 rings (SSSR count). The summed E-state index contributed by atoms with van der Waals surface area (Å²) in [5.74, 6) is 3.07. The third kappa shape index (κ3) is 2.82. The molecule has 5 heteroatoms. The minimum Gasteiger partial charge on any atom is -0.327 e. The number of nitrogens with two attached hydrogens (primary N) is 1. The van der Waals surface area contributed by atoms with Gasteiger partial charge in [-0.3, -0.25) is 0 Å². The number of fused-ring (bicyclic) bond motifs is 1. The van der Waals surface area contributed by atoms with E-state index in [1.54, 1.807) is 0 Å². The molecular weight excluding hydrogens is 238 g/mol. The molecule has 106 valence electrons. The Morgan fingerprint density at radius 1 is 1.16 bits per heavy atom. The van der Waals surface area contributed by atoms with Gasteiger partial charge in [0.25, 0.3) is 0 Å². The Morgan fingerprint density at radius 2 is 1.95 bits per heavy atom. The van der Waals surface area contributed by atoms with E-state index in [1.807, 2.05) is 0 Å². The van der Waals surface area contributed by atoms with Crippen LogP contribution in [0.3, 0.4) is 0 Å². The number of aromatic nitrogens is 3. The molecule has 3 heterocycles. The van der Waals surface area contributed by atoms with Gasteiger partial charge in [0.05, 0.1) is 0 Å². The summed E-state index contributed by atoms with van der Waals surface area (Å²) in [7, 11) is 0. The highest BCUT2D eigenvalue weighted by Gasteiger charge is 2.24. The van der Waals surface area contributed by atoms with E-state index >= 15 is 0 Å². The number of hydrogen-bond acceptors (Lipinski definition) is 4. The van der Waals surface area contributed by atoms with Crippen LogP contribution in [-0.2, 0) is 19.4 Å². The first-order valence-corrected chi connectivity index (χ1v) is 7.65. The van der Waals surface area contributed by atoms with Crippen molar-refractivity contribution in [2.75, 3.05) is 19.6 Å². The zero-order valence-electron chi connectivity index (χ0n) is 11.9. The van der Waals surface area contributed by atoms with Crippen LogP contribution in [0.5, 0.6) is 0 Å². The lowest BCUT2D eigenvalue weighted by Gasteiger charge is -2.31. The van der Waals surface area contributed by atoms with Gasteiger partial charge in [0.15, 0.2) is 0 Å². The quantitative estimate of drug-likeness (QED) is 0.877. The van der Waals surface area contributed by atoms with Crippen molar-refractivity contribution in [2.45, 2.75) is 51.6 Å². The van der Waals surface area contributed by atoms with Gasteiger partial charge in [0.2, 0.25) is 0 Å². The SMILES string of the molecule is CCN1CCC(Cc2nnc3n2CCC(N)C3)CC1. The molecule has 0 aliphatic carbocycles. The maximum absolute atomic E-state index is 5.99. The van der Waals surface area contributed by atoms with Gasteiger partial charge in [0.1, 0.15) is 11.6 Å². The highest BCUT2D eigenvalue weighted by Crippen LogP contribution is 2.22. The maximum atomic E-state index is 5.99. The molecule has 0 spiro atoms. The lowest BCUT2D eigenvalue weighted by Crippen LogP contribution is -2.35. The molecule has 2 N–H and O–H groups in total. The zero-order valence-corrected chi connectivity index (χ0v) is 11.9. The van der Waals surface area contributed by atoms with Crippen LogP contribution in [0.15, 0.2) is 0 Å². The third-order valence-electron chi connectivity index (χ3n) is 4.70. The molecule has 0 amide bonds. The molecule has 1 fully saturated rings. The van der Waals surface area contributed by atoms with E-state index in [0.29, 0.717) is 0 Å². The van der Waals surface area contributed by atoms with Crippen LogP contribution in [0.25, 0.3) is 0 Å². The summed E-state index contributed by atoms with van der Waals surface area (Å²) in [6.07, 6.45) is 5.65. The fourth-order valence-corrected chi connectivity index (χ4v) is 3.33. The molecule has 0 aromatic carbocycles. The molecule has 5 nitrogen and oxygen atoms in total. The largest absolute Gasteiger partial charge is 0.327 e. The van der Waals surface area contributed by atoms with Gasteiger partial charge in [-0.05, 0) is 44.8 Å². The normalized spacial score (nSPS) is 25.5. The first kappa shape index (κ1) is 13.1. The van der Waals surface area contributed by atoms with Crippen LogP contribution >= 0.6 is 0 Å². The van der Waals surface area contributed by atoms with Crippen molar-refractivity contribution >= 4 is 0 Å². The molecular formula is C14H25N5. The summed E-state index contributed by atoms with van der Waals surface area (Å²) < 4.78 is 2.32. The molecule has 19 heavy (non-hydrogen) atoms. The van der Waals surface area contributed by atoms with Crippen LogP contribution in [0.1, 0.15) is 37.8 Å². The van der Waals surface area contributed by atoms with Crippen LogP contribution in [0.2, 0.25) is 0 Å². The average Bonchev–Trinajstić information content (AvgIpc) is 2.82. The van der Waals surface area contributed by atoms with Crippen LogP contribution < -0.4 is 5.73 Å². The van der Waals surface area contributed by atoms with Crippen molar-refractivity contribution in [3.63, 3.8) is 0 Å². The number of hydrogen-bond donors (Lipinski definition) is 1. The second kappa shape index (κ2) is 5.59. The van der Waals surface area contributed by atoms with Crippen molar-refractivity contribution in [1.29, 1.82) is 0 Å². The van der Waals surface area contributed by atoms with E-state index in [0.717, 1.165) is 37.5 Å². The highest BCUT2D eigenvalue weighted by molar-refractivity contribution is 5.02. The van der Waals surface area contributed by atoms with Crippen molar-refractivity contribution in [3.05, 3.63) is 11.6 Å². The van der Waals surface area contributed by atoms with Crippen LogP contribution in [0.4, 0.5) is 0 Å². The highest BCUT2D eigenvalue weighted by atomic mass is 15.3. The zero-order chi connectivity index (χ0) is 13.2. The fraction of sp³-hybridized carbons (Fsp3) is 0.857. The first-order valence-electron chi connectivity index (χ1n) is 7.65. The van der Waals surface area contributed by atoms with Crippen molar-refractivity contribution < 1.29 is 0 Å². The second-order valence-corrected chi connectivity index (χ2v) is 6.02. The molecule has 2 aliphatic rings. The molecule has 2 aliphatic heterocycles. The average molecular weight is 263 g/mol. The molecule has 0 saturated carbocycles. The molecule has 1 atom stereocenters. The van der Waals surface area contributed by atoms with E-state index < -0.39 is 0 Å². The lowest BCUT2D eigenvalue weighted by molar-refractivity contribution is 0.190. The second-order valence-electron chi connectivity index (χ2n) is 6.02. The minimum absolute atomic E-state index is 0.275. The fourth-order valence-electron chi connectivity index (χ4n) is 3.33. The van der Waals surface area contributed by atoms with Gasteiger partial charge in [-0.1, -0.05) is 6.92 Å². The van der Waals surface area contributed by atoms with Gasteiger partial charge in [-0.2, -0.15) is 0 Å². The van der Waals surface area contributed by atoms with Gasteiger partial charge in [0, 0.05) is 25.4 Å². The summed E-state index contributed by atoms with van der Waals surface area (Å²) >= 11 is 0. The lowest BCUT2D eigenvalue weighted by atomic mass is 9.93. The molecule has 0 bridgehead atoms. The third-order valence-corrected chi connectivity index (χ3v) is 4.70. The van der Waals surface area contributed by atoms with Crippen molar-refractivity contribution in [2.24, 2.45) is 11.7 Å². The topological polar surface area (TPSA) is 60.0 Å².